The van der Waals surface area contributed by atoms with E-state index in [1.54, 1.807) is 13.8 Å². The van der Waals surface area contributed by atoms with Crippen LogP contribution in [0.5, 0.6) is 0 Å². The van der Waals surface area contributed by atoms with Crippen molar-refractivity contribution in [3.8, 4) is 11.8 Å². The van der Waals surface area contributed by atoms with Gasteiger partial charge in [0.05, 0.1) is 0 Å². The van der Waals surface area contributed by atoms with E-state index in [0.29, 0.717) is 6.42 Å². The highest BCUT2D eigenvalue weighted by atomic mass is 32.2. The molecule has 0 radical (unpaired) electrons. The molecule has 0 spiro atoms. The van der Waals surface area contributed by atoms with Gasteiger partial charge in [-0.2, -0.15) is 0 Å². The molecule has 0 aliphatic heterocycles. The van der Waals surface area contributed by atoms with E-state index >= 15 is 0 Å². The molecule has 3 atom stereocenters. The maximum absolute atomic E-state index is 12.2. The van der Waals surface area contributed by atoms with Crippen LogP contribution in [0.2, 0.25) is 0 Å². The standard InChI is InChI=1S/C16H30N2O3S/c1-9-10-13(18-22(20)16(6,7)8)11-12(2)21-14(19)17-15(3,4)5/h12-13,18H,11H2,1-8H3,(H,17,19)/t12-,13+,22?/m1/s1. The third kappa shape index (κ3) is 9.93. The lowest BCUT2D eigenvalue weighted by Gasteiger charge is -2.27. The Labute approximate surface area is 138 Å². The molecule has 128 valence electrons. The lowest BCUT2D eigenvalue weighted by atomic mass is 10.1. The van der Waals surface area contributed by atoms with Gasteiger partial charge in [-0.3, -0.25) is 0 Å². The smallest absolute Gasteiger partial charge is 0.407 e. The molecule has 5 nitrogen and oxygen atoms in total. The van der Waals surface area contributed by atoms with Crippen molar-refractivity contribution in [2.45, 2.75) is 84.2 Å². The first kappa shape index (κ1) is 21.1. The van der Waals surface area contributed by atoms with E-state index in [4.69, 9.17) is 4.74 Å². The molecule has 1 amide bonds. The number of carbonyl (C=O) groups excluding carboxylic acids is 1. The zero-order valence-electron chi connectivity index (χ0n) is 15.0. The Morgan fingerprint density at radius 3 is 2.23 bits per heavy atom. The lowest BCUT2D eigenvalue weighted by Crippen LogP contribution is -2.46. The molecule has 0 aromatic rings. The van der Waals surface area contributed by atoms with E-state index in [2.05, 4.69) is 21.9 Å². The first-order chi connectivity index (χ1) is 9.85. The number of hydrogen-bond acceptors (Lipinski definition) is 4. The first-order valence-corrected chi connectivity index (χ1v) is 8.59. The van der Waals surface area contributed by atoms with Gasteiger partial charge in [0.2, 0.25) is 0 Å². The quantitative estimate of drug-likeness (QED) is 0.600. The third-order valence-corrected chi connectivity index (χ3v) is 4.09. The summed E-state index contributed by atoms with van der Waals surface area (Å²) in [5, 5.41) is 2.74. The van der Waals surface area contributed by atoms with Crippen molar-refractivity contribution in [1.82, 2.24) is 10.0 Å². The van der Waals surface area contributed by atoms with Crippen molar-refractivity contribution in [2.75, 3.05) is 0 Å². The summed E-state index contributed by atoms with van der Waals surface area (Å²) < 4.78 is 20.1. The predicted octanol–water partition coefficient (Wildman–Crippen LogP) is 2.73. The predicted molar refractivity (Wildman–Crippen MR) is 91.7 cm³/mol. The zero-order valence-corrected chi connectivity index (χ0v) is 15.8. The Hall–Kier alpha value is -0.900. The molecular formula is C16H30N2O3S. The highest BCUT2D eigenvalue weighted by molar-refractivity contribution is 7.90. The molecule has 0 saturated carbocycles. The van der Waals surface area contributed by atoms with Crippen molar-refractivity contribution in [1.29, 1.82) is 0 Å². The van der Waals surface area contributed by atoms with Gasteiger partial charge in [-0.15, -0.1) is 10.6 Å². The Balaban J connectivity index is 4.56. The van der Waals surface area contributed by atoms with Gasteiger partial charge in [0.15, 0.2) is 0 Å². The molecule has 1 unspecified atom stereocenters. The van der Waals surface area contributed by atoms with E-state index in [9.17, 15) is 9.35 Å². The van der Waals surface area contributed by atoms with Crippen LogP contribution in [0.4, 0.5) is 4.79 Å². The molecule has 0 rings (SSSR count). The van der Waals surface area contributed by atoms with Gasteiger partial charge < -0.3 is 14.6 Å². The number of carbonyl (C=O) groups is 1. The summed E-state index contributed by atoms with van der Waals surface area (Å²) in [5.74, 6) is 5.79. The number of ether oxygens (including phenoxy) is 1. The summed E-state index contributed by atoms with van der Waals surface area (Å²) in [4.78, 5) is 11.7. The van der Waals surface area contributed by atoms with Gasteiger partial charge >= 0.3 is 6.09 Å². The highest BCUT2D eigenvalue weighted by Gasteiger charge is 2.29. The molecule has 0 aliphatic carbocycles. The van der Waals surface area contributed by atoms with Crippen molar-refractivity contribution in [3.05, 3.63) is 0 Å². The molecule has 0 bridgehead atoms. The Morgan fingerprint density at radius 1 is 1.27 bits per heavy atom. The molecule has 0 aromatic heterocycles. The SMILES string of the molecule is CC#C[C@@H](C[C@@H](C)OC(=O)NC(C)(C)C)N[S+]([O-])C(C)(C)C. The van der Waals surface area contributed by atoms with Crippen LogP contribution in [-0.2, 0) is 16.1 Å². The molecule has 0 saturated heterocycles. The zero-order chi connectivity index (χ0) is 17.6. The van der Waals surface area contributed by atoms with Crippen LogP contribution in [0.25, 0.3) is 0 Å². The van der Waals surface area contributed by atoms with Crippen molar-refractivity contribution in [3.63, 3.8) is 0 Å². The monoisotopic (exact) mass is 330 g/mol. The molecule has 22 heavy (non-hydrogen) atoms. The summed E-state index contributed by atoms with van der Waals surface area (Å²) >= 11 is -1.22. The number of amides is 1. The van der Waals surface area contributed by atoms with Crippen LogP contribution >= 0.6 is 0 Å². The van der Waals surface area contributed by atoms with Crippen LogP contribution in [0.15, 0.2) is 0 Å². The molecule has 6 heteroatoms. The number of nitrogens with one attached hydrogen (secondary N) is 2. The lowest BCUT2D eigenvalue weighted by molar-refractivity contribution is 0.0939. The Kier molecular flexibility index (Phi) is 8.30. The van der Waals surface area contributed by atoms with Crippen molar-refractivity contribution in [2.24, 2.45) is 0 Å². The largest absolute Gasteiger partial charge is 0.598 e. The van der Waals surface area contributed by atoms with E-state index in [0.717, 1.165) is 0 Å². The van der Waals surface area contributed by atoms with E-state index in [1.807, 2.05) is 41.5 Å². The van der Waals surface area contributed by atoms with Crippen LogP contribution in [0.3, 0.4) is 0 Å². The van der Waals surface area contributed by atoms with Crippen LogP contribution in [0.1, 0.15) is 61.8 Å². The third-order valence-electron chi connectivity index (χ3n) is 2.48. The summed E-state index contributed by atoms with van der Waals surface area (Å²) in [6, 6.07) is -0.289. The number of hydrogen-bond donors (Lipinski definition) is 2. The van der Waals surface area contributed by atoms with Gasteiger partial charge in [0, 0.05) is 23.3 Å². The summed E-state index contributed by atoms with van der Waals surface area (Å²) in [6.07, 6.45) is -0.321. The van der Waals surface area contributed by atoms with E-state index < -0.39 is 17.5 Å². The fourth-order valence-corrected chi connectivity index (χ4v) is 2.28. The summed E-state index contributed by atoms with van der Waals surface area (Å²) in [7, 11) is 0. The van der Waals surface area contributed by atoms with Gasteiger partial charge in [-0.25, -0.2) is 4.79 Å². The van der Waals surface area contributed by atoms with Gasteiger partial charge in [0.1, 0.15) is 16.9 Å². The first-order valence-electron chi connectivity index (χ1n) is 7.44. The molecule has 0 fully saturated rings. The maximum Gasteiger partial charge on any atom is 0.407 e. The average Bonchev–Trinajstić information content (AvgIpc) is 2.24. The number of alkyl carbamates (subject to hydrolysis) is 1. The molecule has 0 heterocycles. The second-order valence-electron chi connectivity index (χ2n) is 7.27. The molecular weight excluding hydrogens is 300 g/mol. The van der Waals surface area contributed by atoms with Crippen molar-refractivity contribution >= 4 is 17.5 Å². The Bertz CT molecular complexity index is 416. The number of rotatable bonds is 5. The molecule has 2 N–H and O–H groups in total. The molecule has 0 aliphatic rings. The summed E-state index contributed by atoms with van der Waals surface area (Å²) in [6.45, 7) is 14.9. The van der Waals surface area contributed by atoms with Crippen LogP contribution in [0, 0.1) is 11.8 Å². The normalized spacial score (nSPS) is 16.0. The topological polar surface area (TPSA) is 73.4 Å². The van der Waals surface area contributed by atoms with Gasteiger partial charge in [-0.05, 0) is 55.4 Å². The van der Waals surface area contributed by atoms with Crippen LogP contribution < -0.4 is 10.0 Å². The van der Waals surface area contributed by atoms with Crippen molar-refractivity contribution < 1.29 is 14.1 Å². The minimum absolute atomic E-state index is 0.289. The van der Waals surface area contributed by atoms with E-state index in [-0.39, 0.29) is 22.4 Å². The molecule has 0 aromatic carbocycles. The second-order valence-corrected chi connectivity index (χ2v) is 9.27. The van der Waals surface area contributed by atoms with E-state index in [1.165, 1.54) is 0 Å². The minimum Gasteiger partial charge on any atom is -0.598 e. The fraction of sp³-hybridized carbons (Fsp3) is 0.812. The maximum atomic E-state index is 12.2. The fourth-order valence-electron chi connectivity index (χ4n) is 1.52. The van der Waals surface area contributed by atoms with Gasteiger partial charge in [-0.1, -0.05) is 5.92 Å². The highest BCUT2D eigenvalue weighted by Crippen LogP contribution is 2.15. The van der Waals surface area contributed by atoms with Gasteiger partial charge in [0.25, 0.3) is 0 Å². The van der Waals surface area contributed by atoms with Crippen LogP contribution in [-0.4, -0.2) is 33.1 Å². The minimum atomic E-state index is -1.22. The Morgan fingerprint density at radius 2 is 1.82 bits per heavy atom. The summed E-state index contributed by atoms with van der Waals surface area (Å²) in [5.41, 5.74) is -0.342. The second kappa shape index (κ2) is 8.66. The average molecular weight is 330 g/mol.